The number of rotatable bonds is 6. The van der Waals surface area contributed by atoms with Gasteiger partial charge in [0, 0.05) is 49.3 Å². The maximum Gasteiger partial charge on any atom is 0.254 e. The topological polar surface area (TPSA) is 71.1 Å². The summed E-state index contributed by atoms with van der Waals surface area (Å²) in [5.41, 5.74) is 1.65. The van der Waals surface area contributed by atoms with Gasteiger partial charge in [0.25, 0.3) is 5.91 Å². The molecular weight excluding hydrogens is 358 g/mol. The molecule has 3 rings (SSSR count). The van der Waals surface area contributed by atoms with Gasteiger partial charge in [-0.25, -0.2) is 0 Å². The number of nitrogens with one attached hydrogen (secondary N) is 1. The third-order valence-corrected chi connectivity index (χ3v) is 5.46. The van der Waals surface area contributed by atoms with Crippen molar-refractivity contribution in [2.75, 3.05) is 53.0 Å². The molecule has 1 aromatic carbocycles. The monoisotopic (exact) mass is 389 g/mol. The highest BCUT2D eigenvalue weighted by atomic mass is 16.5. The quantitative estimate of drug-likeness (QED) is 0.793. The Morgan fingerprint density at radius 3 is 2.86 bits per heavy atom. The molecule has 7 heteroatoms. The Morgan fingerprint density at radius 1 is 1.32 bits per heavy atom. The lowest BCUT2D eigenvalue weighted by Crippen LogP contribution is -2.58. The first-order chi connectivity index (χ1) is 13.3. The molecular formula is C21H31N3O4. The predicted molar refractivity (Wildman–Crippen MR) is 107 cm³/mol. The van der Waals surface area contributed by atoms with Crippen LogP contribution in [-0.2, 0) is 14.9 Å². The molecule has 2 amide bonds. The van der Waals surface area contributed by atoms with Crippen molar-refractivity contribution in [3.05, 3.63) is 29.3 Å². The fourth-order valence-corrected chi connectivity index (χ4v) is 3.75. The minimum atomic E-state index is -0.154. The number of benzene rings is 1. The van der Waals surface area contributed by atoms with Gasteiger partial charge in [0.2, 0.25) is 5.91 Å². The molecule has 0 spiro atoms. The number of nitrogens with zero attached hydrogens (tertiary/aromatic N) is 2. The smallest absolute Gasteiger partial charge is 0.254 e. The maximum atomic E-state index is 13.3. The van der Waals surface area contributed by atoms with Crippen LogP contribution in [0.4, 0.5) is 0 Å². The SMILES string of the molecule is CCOCC(=O)NCC1CN(C)CCN1C(=O)c1ccc2c(c1)C(C)(C)CO2. The number of hydrogen-bond donors (Lipinski definition) is 1. The Hall–Kier alpha value is -2.12. The highest BCUT2D eigenvalue weighted by Crippen LogP contribution is 2.38. The normalized spacial score (nSPS) is 21.1. The van der Waals surface area contributed by atoms with Crippen molar-refractivity contribution in [3.63, 3.8) is 0 Å². The average Bonchev–Trinajstić information content (AvgIpc) is 2.98. The van der Waals surface area contributed by atoms with Gasteiger partial charge in [0.1, 0.15) is 12.4 Å². The van der Waals surface area contributed by atoms with Crippen LogP contribution in [0.25, 0.3) is 0 Å². The van der Waals surface area contributed by atoms with Gasteiger partial charge in [-0.05, 0) is 32.2 Å². The largest absolute Gasteiger partial charge is 0.492 e. The maximum absolute atomic E-state index is 13.3. The first-order valence-electron chi connectivity index (χ1n) is 9.93. The first kappa shape index (κ1) is 20.6. The van der Waals surface area contributed by atoms with Crippen molar-refractivity contribution in [1.82, 2.24) is 15.1 Å². The zero-order chi connectivity index (χ0) is 20.3. The summed E-state index contributed by atoms with van der Waals surface area (Å²) in [5, 5.41) is 2.89. The van der Waals surface area contributed by atoms with Gasteiger partial charge in [0.15, 0.2) is 0 Å². The Balaban J connectivity index is 1.72. The molecule has 28 heavy (non-hydrogen) atoms. The fraction of sp³-hybridized carbons (Fsp3) is 0.619. The van der Waals surface area contributed by atoms with Crippen LogP contribution in [0.1, 0.15) is 36.7 Å². The number of fused-ring (bicyclic) bond motifs is 1. The van der Waals surface area contributed by atoms with Crippen molar-refractivity contribution >= 4 is 11.8 Å². The molecule has 1 atom stereocenters. The van der Waals surface area contributed by atoms with E-state index in [1.807, 2.05) is 37.1 Å². The van der Waals surface area contributed by atoms with E-state index in [-0.39, 0.29) is 29.9 Å². The second-order valence-electron chi connectivity index (χ2n) is 8.24. The number of piperazine rings is 1. The van der Waals surface area contributed by atoms with E-state index in [0.29, 0.717) is 31.9 Å². The molecule has 7 nitrogen and oxygen atoms in total. The van der Waals surface area contributed by atoms with Crippen LogP contribution in [0.15, 0.2) is 18.2 Å². The summed E-state index contributed by atoms with van der Waals surface area (Å²) in [6.45, 7) is 9.87. The molecule has 1 saturated heterocycles. The fourth-order valence-electron chi connectivity index (χ4n) is 3.75. The summed E-state index contributed by atoms with van der Waals surface area (Å²) >= 11 is 0. The van der Waals surface area contributed by atoms with Crippen LogP contribution in [0.2, 0.25) is 0 Å². The number of hydrogen-bond acceptors (Lipinski definition) is 5. The molecule has 1 aromatic rings. The standard InChI is InChI=1S/C21H31N3O4/c1-5-27-13-19(25)22-11-16-12-23(4)8-9-24(16)20(26)15-6-7-18-17(10-15)21(2,3)14-28-18/h6-7,10,16H,5,8-9,11-14H2,1-4H3,(H,22,25). The van der Waals surface area contributed by atoms with E-state index in [2.05, 4.69) is 24.1 Å². The van der Waals surface area contributed by atoms with Gasteiger partial charge >= 0.3 is 0 Å². The third-order valence-electron chi connectivity index (χ3n) is 5.46. The molecule has 2 aliphatic rings. The highest BCUT2D eigenvalue weighted by Gasteiger charge is 2.34. The second kappa shape index (κ2) is 8.49. The lowest BCUT2D eigenvalue weighted by molar-refractivity contribution is -0.125. The van der Waals surface area contributed by atoms with Crippen LogP contribution < -0.4 is 10.1 Å². The molecule has 1 N–H and O–H groups in total. The highest BCUT2D eigenvalue weighted by molar-refractivity contribution is 5.95. The molecule has 0 bridgehead atoms. The summed E-state index contributed by atoms with van der Waals surface area (Å²) in [4.78, 5) is 29.2. The van der Waals surface area contributed by atoms with Gasteiger partial charge in [-0.1, -0.05) is 13.8 Å². The molecule has 0 saturated carbocycles. The van der Waals surface area contributed by atoms with E-state index in [1.54, 1.807) is 0 Å². The van der Waals surface area contributed by atoms with E-state index in [9.17, 15) is 9.59 Å². The number of amides is 2. The van der Waals surface area contributed by atoms with E-state index >= 15 is 0 Å². The average molecular weight is 389 g/mol. The van der Waals surface area contributed by atoms with Crippen molar-refractivity contribution in [2.45, 2.75) is 32.2 Å². The molecule has 0 radical (unpaired) electrons. The Bertz CT molecular complexity index is 734. The minimum Gasteiger partial charge on any atom is -0.492 e. The second-order valence-corrected chi connectivity index (χ2v) is 8.24. The van der Waals surface area contributed by atoms with Gasteiger partial charge in [-0.3, -0.25) is 9.59 Å². The lowest BCUT2D eigenvalue weighted by Gasteiger charge is -2.40. The van der Waals surface area contributed by atoms with Crippen LogP contribution in [0, 0.1) is 0 Å². The van der Waals surface area contributed by atoms with Gasteiger partial charge in [-0.2, -0.15) is 0 Å². The summed E-state index contributed by atoms with van der Waals surface area (Å²) in [5.74, 6) is 0.709. The van der Waals surface area contributed by atoms with E-state index in [4.69, 9.17) is 9.47 Å². The summed E-state index contributed by atoms with van der Waals surface area (Å²) in [6, 6.07) is 5.63. The molecule has 1 unspecified atom stereocenters. The minimum absolute atomic E-state index is 0.00246. The molecule has 0 aliphatic carbocycles. The number of carbonyl (C=O) groups excluding carboxylic acids is 2. The lowest BCUT2D eigenvalue weighted by atomic mass is 9.86. The van der Waals surface area contributed by atoms with E-state index < -0.39 is 0 Å². The third kappa shape index (κ3) is 4.47. The van der Waals surface area contributed by atoms with Crippen LogP contribution in [0.5, 0.6) is 5.75 Å². The van der Waals surface area contributed by atoms with Crippen molar-refractivity contribution in [1.29, 1.82) is 0 Å². The van der Waals surface area contributed by atoms with E-state index in [0.717, 1.165) is 24.4 Å². The Kier molecular flexibility index (Phi) is 6.25. The number of ether oxygens (including phenoxy) is 2. The van der Waals surface area contributed by atoms with Crippen LogP contribution in [0.3, 0.4) is 0 Å². The molecule has 2 aliphatic heterocycles. The van der Waals surface area contributed by atoms with Crippen molar-refractivity contribution in [2.24, 2.45) is 0 Å². The predicted octanol–water partition coefficient (Wildman–Crippen LogP) is 1.27. The van der Waals surface area contributed by atoms with Crippen LogP contribution in [-0.4, -0.2) is 80.7 Å². The summed E-state index contributed by atoms with van der Waals surface area (Å²) < 4.78 is 10.9. The first-order valence-corrected chi connectivity index (χ1v) is 9.93. The number of carbonyl (C=O) groups is 2. The molecule has 2 heterocycles. The molecule has 1 fully saturated rings. The van der Waals surface area contributed by atoms with Crippen molar-refractivity contribution in [3.8, 4) is 5.75 Å². The molecule has 0 aromatic heterocycles. The molecule has 154 valence electrons. The summed E-state index contributed by atoms with van der Waals surface area (Å²) in [7, 11) is 2.03. The van der Waals surface area contributed by atoms with Gasteiger partial charge < -0.3 is 24.6 Å². The summed E-state index contributed by atoms with van der Waals surface area (Å²) in [6.07, 6.45) is 0. The zero-order valence-corrected chi connectivity index (χ0v) is 17.3. The van der Waals surface area contributed by atoms with Gasteiger partial charge in [-0.15, -0.1) is 0 Å². The Labute approximate surface area is 167 Å². The van der Waals surface area contributed by atoms with Crippen LogP contribution >= 0.6 is 0 Å². The van der Waals surface area contributed by atoms with Crippen molar-refractivity contribution < 1.29 is 19.1 Å². The van der Waals surface area contributed by atoms with E-state index in [1.165, 1.54) is 0 Å². The Morgan fingerprint density at radius 2 is 2.11 bits per heavy atom. The zero-order valence-electron chi connectivity index (χ0n) is 17.3. The number of likely N-dealkylation sites (N-methyl/N-ethyl adjacent to an activating group) is 1. The van der Waals surface area contributed by atoms with Gasteiger partial charge in [0.05, 0.1) is 12.6 Å².